The molecule has 2 N–H and O–H groups in total. The van der Waals surface area contributed by atoms with Gasteiger partial charge in [0.05, 0.1) is 17.6 Å². The number of carbonyl (C=O) groups excluding carboxylic acids is 3. The molecule has 1 aromatic carbocycles. The number of rotatable bonds is 4. The van der Waals surface area contributed by atoms with Crippen LogP contribution in [0.1, 0.15) is 32.9 Å². The van der Waals surface area contributed by atoms with Gasteiger partial charge in [0, 0.05) is 24.3 Å². The molecule has 2 aliphatic rings. The molecular weight excluding hydrogens is 378 g/mol. The molecule has 1 aliphatic carbocycles. The summed E-state index contributed by atoms with van der Waals surface area (Å²) in [5.41, 5.74) is 0.942. The number of hydrogen-bond donors (Lipinski definition) is 2. The number of nitrogens with one attached hydrogen (secondary N) is 2. The number of urea groups is 1. The minimum absolute atomic E-state index is 0.0387. The van der Waals surface area contributed by atoms with Crippen molar-refractivity contribution < 1.29 is 19.1 Å². The van der Waals surface area contributed by atoms with E-state index >= 15 is 0 Å². The first-order chi connectivity index (χ1) is 13.5. The van der Waals surface area contributed by atoms with Gasteiger partial charge in [-0.15, -0.1) is 11.3 Å². The molecule has 0 radical (unpaired) electrons. The predicted molar refractivity (Wildman–Crippen MR) is 106 cm³/mol. The molecule has 7 nitrogen and oxygen atoms in total. The first-order valence-electron chi connectivity index (χ1n) is 9.15. The fraction of sp³-hybridized carbons (Fsp3) is 0.350. The van der Waals surface area contributed by atoms with Crippen molar-refractivity contribution >= 4 is 34.9 Å². The number of esters is 1. The highest BCUT2D eigenvalue weighted by Crippen LogP contribution is 2.38. The number of piperidine rings is 1. The summed E-state index contributed by atoms with van der Waals surface area (Å²) >= 11 is 1.43. The van der Waals surface area contributed by atoms with E-state index in [9.17, 15) is 14.4 Å². The lowest BCUT2D eigenvalue weighted by molar-refractivity contribution is 0.0600. The molecule has 0 unspecified atom stereocenters. The highest BCUT2D eigenvalue weighted by molar-refractivity contribution is 7.12. The summed E-state index contributed by atoms with van der Waals surface area (Å²) in [6, 6.07) is 10.4. The number of anilines is 1. The van der Waals surface area contributed by atoms with Crippen molar-refractivity contribution in [2.45, 2.75) is 24.9 Å². The van der Waals surface area contributed by atoms with E-state index in [0.29, 0.717) is 22.7 Å². The van der Waals surface area contributed by atoms with Crippen molar-refractivity contribution in [3.8, 4) is 0 Å². The molecule has 8 heteroatoms. The quantitative estimate of drug-likeness (QED) is 0.774. The standard InChI is InChI=1S/C20H21N3O4S/c1-27-19(25)12-4-2-5-14(8-12)21-20(26)23-11-13-9-15(23)10-16(13)22-18(24)17-6-3-7-28-17/h2-8,13,15-16H,9-11H2,1H3,(H,21,26)(H,22,24)/t13-,15-,16-/m0/s1. The SMILES string of the molecule is COC(=O)c1cccc(NC(=O)N2C[C@@H]3C[C@H]2C[C@@H]3NC(=O)c2cccs2)c1. The molecule has 1 saturated carbocycles. The number of ether oxygens (including phenoxy) is 1. The Bertz CT molecular complexity index is 899. The third-order valence-electron chi connectivity index (χ3n) is 5.40. The number of thiophene rings is 1. The molecule has 3 atom stereocenters. The maximum atomic E-state index is 12.7. The Morgan fingerprint density at radius 3 is 2.71 bits per heavy atom. The Morgan fingerprint density at radius 2 is 2.04 bits per heavy atom. The van der Waals surface area contributed by atoms with Gasteiger partial charge in [-0.1, -0.05) is 12.1 Å². The molecule has 2 aromatic rings. The lowest BCUT2D eigenvalue weighted by atomic mass is 10.0. The van der Waals surface area contributed by atoms with Gasteiger partial charge >= 0.3 is 12.0 Å². The van der Waals surface area contributed by atoms with Gasteiger partial charge in [-0.25, -0.2) is 9.59 Å². The summed E-state index contributed by atoms with van der Waals surface area (Å²) in [5, 5.41) is 7.86. The highest BCUT2D eigenvalue weighted by Gasteiger charge is 2.47. The lowest BCUT2D eigenvalue weighted by Gasteiger charge is -2.32. The van der Waals surface area contributed by atoms with Crippen molar-refractivity contribution in [2.24, 2.45) is 5.92 Å². The van der Waals surface area contributed by atoms with E-state index < -0.39 is 5.97 Å². The van der Waals surface area contributed by atoms with E-state index in [1.165, 1.54) is 18.4 Å². The highest BCUT2D eigenvalue weighted by atomic mass is 32.1. The third kappa shape index (κ3) is 3.60. The number of amides is 3. The van der Waals surface area contributed by atoms with Crippen LogP contribution in [0.25, 0.3) is 0 Å². The predicted octanol–water partition coefficient (Wildman–Crippen LogP) is 2.96. The van der Waals surface area contributed by atoms with E-state index in [1.54, 1.807) is 24.3 Å². The first kappa shape index (κ1) is 18.5. The monoisotopic (exact) mass is 399 g/mol. The Morgan fingerprint density at radius 1 is 1.18 bits per heavy atom. The second-order valence-electron chi connectivity index (χ2n) is 7.10. The average molecular weight is 399 g/mol. The minimum atomic E-state index is -0.444. The topological polar surface area (TPSA) is 87.7 Å². The molecule has 0 spiro atoms. The van der Waals surface area contributed by atoms with Crippen molar-refractivity contribution in [1.82, 2.24) is 10.2 Å². The molecule has 1 aromatic heterocycles. The van der Waals surface area contributed by atoms with Crippen molar-refractivity contribution in [3.05, 3.63) is 52.2 Å². The zero-order valence-electron chi connectivity index (χ0n) is 15.4. The van der Waals surface area contributed by atoms with Gasteiger partial charge < -0.3 is 20.3 Å². The van der Waals surface area contributed by atoms with Crippen LogP contribution in [0.5, 0.6) is 0 Å². The summed E-state index contributed by atoms with van der Waals surface area (Å²) < 4.78 is 4.71. The van der Waals surface area contributed by atoms with Crippen LogP contribution in [0.3, 0.4) is 0 Å². The number of hydrogen-bond acceptors (Lipinski definition) is 5. The molecule has 146 valence electrons. The molecule has 3 amide bonds. The van der Waals surface area contributed by atoms with E-state index in [1.807, 2.05) is 22.4 Å². The maximum Gasteiger partial charge on any atom is 0.337 e. The molecular formula is C20H21N3O4S. The van der Waals surface area contributed by atoms with Gasteiger partial charge in [0.25, 0.3) is 5.91 Å². The van der Waals surface area contributed by atoms with E-state index in [4.69, 9.17) is 4.74 Å². The first-order valence-corrected chi connectivity index (χ1v) is 10.0. The van der Waals surface area contributed by atoms with E-state index in [-0.39, 0.29) is 29.9 Å². The molecule has 4 rings (SSSR count). The fourth-order valence-electron chi connectivity index (χ4n) is 4.06. The number of benzene rings is 1. The Labute approximate surface area is 166 Å². The smallest absolute Gasteiger partial charge is 0.337 e. The van der Waals surface area contributed by atoms with Crippen LogP contribution in [0.2, 0.25) is 0 Å². The summed E-state index contributed by atoms with van der Waals surface area (Å²) in [4.78, 5) is 39.1. The van der Waals surface area contributed by atoms with Crippen molar-refractivity contribution in [3.63, 3.8) is 0 Å². The Hall–Kier alpha value is -2.87. The summed E-state index contributed by atoms with van der Waals surface area (Å²) in [5.74, 6) is -0.218. The summed E-state index contributed by atoms with van der Waals surface area (Å²) in [6.07, 6.45) is 1.66. The molecule has 28 heavy (non-hydrogen) atoms. The van der Waals surface area contributed by atoms with Gasteiger partial charge in [-0.3, -0.25) is 4.79 Å². The number of carbonyl (C=O) groups is 3. The average Bonchev–Trinajstić information content (AvgIpc) is 3.44. The molecule has 1 aliphatic heterocycles. The maximum absolute atomic E-state index is 12.7. The van der Waals surface area contributed by atoms with E-state index in [2.05, 4.69) is 10.6 Å². The summed E-state index contributed by atoms with van der Waals surface area (Å²) in [7, 11) is 1.32. The number of likely N-dealkylation sites (tertiary alicyclic amines) is 1. The Balaban J connectivity index is 1.35. The van der Waals surface area contributed by atoms with Gasteiger partial charge in [-0.2, -0.15) is 0 Å². The van der Waals surface area contributed by atoms with Crippen LogP contribution in [0.15, 0.2) is 41.8 Å². The zero-order valence-corrected chi connectivity index (χ0v) is 16.2. The molecule has 2 heterocycles. The largest absolute Gasteiger partial charge is 0.465 e. The Kier molecular flexibility index (Phi) is 5.04. The third-order valence-corrected chi connectivity index (χ3v) is 6.27. The van der Waals surface area contributed by atoms with Crippen LogP contribution in [0.4, 0.5) is 10.5 Å². The van der Waals surface area contributed by atoms with Gasteiger partial charge in [-0.05, 0) is 48.4 Å². The number of methoxy groups -OCH3 is 1. The van der Waals surface area contributed by atoms with Crippen molar-refractivity contribution in [1.29, 1.82) is 0 Å². The van der Waals surface area contributed by atoms with Crippen LogP contribution < -0.4 is 10.6 Å². The molecule has 2 bridgehead atoms. The summed E-state index contributed by atoms with van der Waals surface area (Å²) in [6.45, 7) is 0.614. The zero-order chi connectivity index (χ0) is 19.7. The van der Waals surface area contributed by atoms with Gasteiger partial charge in [0.15, 0.2) is 0 Å². The minimum Gasteiger partial charge on any atom is -0.465 e. The van der Waals surface area contributed by atoms with Gasteiger partial charge in [0.2, 0.25) is 0 Å². The van der Waals surface area contributed by atoms with E-state index in [0.717, 1.165) is 12.8 Å². The molecule has 2 fully saturated rings. The van der Waals surface area contributed by atoms with Crippen LogP contribution in [-0.2, 0) is 4.74 Å². The normalized spacial score (nSPS) is 22.8. The lowest BCUT2D eigenvalue weighted by Crippen LogP contribution is -2.48. The fourth-order valence-corrected chi connectivity index (χ4v) is 4.69. The number of fused-ring (bicyclic) bond motifs is 2. The van der Waals surface area contributed by atoms with Crippen molar-refractivity contribution in [2.75, 3.05) is 19.0 Å². The van der Waals surface area contributed by atoms with Crippen LogP contribution >= 0.6 is 11.3 Å². The molecule has 1 saturated heterocycles. The second kappa shape index (κ2) is 7.63. The van der Waals surface area contributed by atoms with Crippen LogP contribution in [-0.4, -0.2) is 48.5 Å². The van der Waals surface area contributed by atoms with Gasteiger partial charge in [0.1, 0.15) is 0 Å². The second-order valence-corrected chi connectivity index (χ2v) is 8.05. The number of nitrogens with zero attached hydrogens (tertiary/aromatic N) is 1. The van der Waals surface area contributed by atoms with Crippen LogP contribution in [0, 0.1) is 5.92 Å².